The zero-order valence-electron chi connectivity index (χ0n) is 9.56. The number of amides is 1. The molecule has 5 nitrogen and oxygen atoms in total. The van der Waals surface area contributed by atoms with Gasteiger partial charge in [0, 0.05) is 44.0 Å². The standard InChI is InChI=1S/C10H16N4OS/c1-3-8-12-10(16-13-8)11-7-4-5-9(15)14(2)6-7/h7H,3-6H2,1-2H3,(H,11,12,13). The van der Waals surface area contributed by atoms with Crippen molar-refractivity contribution in [3.63, 3.8) is 0 Å². The molecule has 1 atom stereocenters. The maximum Gasteiger partial charge on any atom is 0.222 e. The average molecular weight is 240 g/mol. The Morgan fingerprint density at radius 1 is 1.62 bits per heavy atom. The molecule has 1 amide bonds. The Morgan fingerprint density at radius 3 is 3.06 bits per heavy atom. The number of anilines is 1. The number of likely N-dealkylation sites (tertiary alicyclic amines) is 1. The van der Waals surface area contributed by atoms with Crippen LogP contribution in [0.3, 0.4) is 0 Å². The molecule has 6 heteroatoms. The van der Waals surface area contributed by atoms with Gasteiger partial charge in [-0.2, -0.15) is 4.37 Å². The van der Waals surface area contributed by atoms with Crippen molar-refractivity contribution in [2.75, 3.05) is 18.9 Å². The largest absolute Gasteiger partial charge is 0.356 e. The van der Waals surface area contributed by atoms with Gasteiger partial charge < -0.3 is 10.2 Å². The molecule has 0 saturated carbocycles. The molecule has 1 unspecified atom stereocenters. The summed E-state index contributed by atoms with van der Waals surface area (Å²) >= 11 is 1.39. The molecule has 88 valence electrons. The number of aromatic nitrogens is 2. The number of hydrogen-bond donors (Lipinski definition) is 1. The van der Waals surface area contributed by atoms with E-state index in [1.165, 1.54) is 11.5 Å². The Balaban J connectivity index is 1.92. The van der Waals surface area contributed by atoms with E-state index in [9.17, 15) is 4.79 Å². The van der Waals surface area contributed by atoms with Crippen LogP contribution in [0.25, 0.3) is 0 Å². The first-order chi connectivity index (χ1) is 7.69. The smallest absolute Gasteiger partial charge is 0.222 e. The molecule has 0 bridgehead atoms. The second-order valence-electron chi connectivity index (χ2n) is 4.02. The Hall–Kier alpha value is -1.17. The van der Waals surface area contributed by atoms with E-state index >= 15 is 0 Å². The average Bonchev–Trinajstić information content (AvgIpc) is 2.71. The highest BCUT2D eigenvalue weighted by molar-refractivity contribution is 7.09. The summed E-state index contributed by atoms with van der Waals surface area (Å²) in [5.41, 5.74) is 0. The quantitative estimate of drug-likeness (QED) is 0.860. The highest BCUT2D eigenvalue weighted by Crippen LogP contribution is 2.17. The van der Waals surface area contributed by atoms with Gasteiger partial charge in [0.25, 0.3) is 0 Å². The van der Waals surface area contributed by atoms with E-state index in [0.29, 0.717) is 12.5 Å². The van der Waals surface area contributed by atoms with Gasteiger partial charge in [0.05, 0.1) is 0 Å². The van der Waals surface area contributed by atoms with Crippen LogP contribution in [-0.2, 0) is 11.2 Å². The summed E-state index contributed by atoms with van der Waals surface area (Å²) in [7, 11) is 1.84. The van der Waals surface area contributed by atoms with Crippen molar-refractivity contribution in [2.24, 2.45) is 0 Å². The zero-order chi connectivity index (χ0) is 11.5. The van der Waals surface area contributed by atoms with Crippen LogP contribution in [0.5, 0.6) is 0 Å². The summed E-state index contributed by atoms with van der Waals surface area (Å²) in [6.07, 6.45) is 2.36. The van der Waals surface area contributed by atoms with Gasteiger partial charge >= 0.3 is 0 Å². The lowest BCUT2D eigenvalue weighted by Gasteiger charge is -2.29. The number of rotatable bonds is 3. The van der Waals surface area contributed by atoms with Crippen molar-refractivity contribution < 1.29 is 4.79 Å². The number of nitrogens with zero attached hydrogens (tertiary/aromatic N) is 3. The predicted octanol–water partition coefficient (Wildman–Crippen LogP) is 1.13. The third kappa shape index (κ3) is 2.49. The molecule has 2 rings (SSSR count). The van der Waals surface area contributed by atoms with Crippen LogP contribution in [0.2, 0.25) is 0 Å². The summed E-state index contributed by atoms with van der Waals surface area (Å²) in [5, 5.41) is 4.20. The fourth-order valence-corrected chi connectivity index (χ4v) is 2.49. The van der Waals surface area contributed by atoms with Crippen LogP contribution in [0.4, 0.5) is 5.13 Å². The fourth-order valence-electron chi connectivity index (χ4n) is 1.76. The summed E-state index contributed by atoms with van der Waals surface area (Å²) in [6, 6.07) is 0.306. The van der Waals surface area contributed by atoms with E-state index in [1.807, 2.05) is 14.0 Å². The minimum atomic E-state index is 0.226. The summed E-state index contributed by atoms with van der Waals surface area (Å²) in [5.74, 6) is 1.11. The van der Waals surface area contributed by atoms with Gasteiger partial charge in [-0.3, -0.25) is 4.79 Å². The highest BCUT2D eigenvalue weighted by Gasteiger charge is 2.23. The lowest BCUT2D eigenvalue weighted by Crippen LogP contribution is -2.43. The second kappa shape index (κ2) is 4.78. The number of likely N-dealkylation sites (N-methyl/N-ethyl adjacent to an activating group) is 1. The molecule has 16 heavy (non-hydrogen) atoms. The molecular formula is C10H16N4OS. The van der Waals surface area contributed by atoms with E-state index in [2.05, 4.69) is 14.7 Å². The number of nitrogens with one attached hydrogen (secondary N) is 1. The van der Waals surface area contributed by atoms with Crippen molar-refractivity contribution in [3.05, 3.63) is 5.82 Å². The summed E-state index contributed by atoms with van der Waals surface area (Å²) in [4.78, 5) is 17.4. The topological polar surface area (TPSA) is 58.1 Å². The van der Waals surface area contributed by atoms with E-state index in [4.69, 9.17) is 0 Å². The Kier molecular flexibility index (Phi) is 3.38. The van der Waals surface area contributed by atoms with Gasteiger partial charge in [-0.05, 0) is 6.42 Å². The van der Waals surface area contributed by atoms with Crippen molar-refractivity contribution in [3.8, 4) is 0 Å². The molecular weight excluding hydrogens is 224 g/mol. The van der Waals surface area contributed by atoms with Gasteiger partial charge in [-0.1, -0.05) is 6.92 Å². The predicted molar refractivity (Wildman–Crippen MR) is 63.6 cm³/mol. The number of carbonyl (C=O) groups excluding carboxylic acids is 1. The lowest BCUT2D eigenvalue weighted by atomic mass is 10.1. The Morgan fingerprint density at radius 2 is 2.44 bits per heavy atom. The monoisotopic (exact) mass is 240 g/mol. The summed E-state index contributed by atoms with van der Waals surface area (Å²) in [6.45, 7) is 2.79. The number of hydrogen-bond acceptors (Lipinski definition) is 5. The van der Waals surface area contributed by atoms with Crippen LogP contribution < -0.4 is 5.32 Å². The maximum absolute atomic E-state index is 11.3. The van der Waals surface area contributed by atoms with Crippen LogP contribution in [-0.4, -0.2) is 39.8 Å². The van der Waals surface area contributed by atoms with E-state index < -0.39 is 0 Å². The first kappa shape index (κ1) is 11.3. The van der Waals surface area contributed by atoms with Gasteiger partial charge in [0.1, 0.15) is 5.82 Å². The first-order valence-electron chi connectivity index (χ1n) is 5.52. The Labute approximate surface area is 99.0 Å². The normalized spacial score (nSPS) is 21.2. The number of carbonyl (C=O) groups is 1. The van der Waals surface area contributed by atoms with Crippen molar-refractivity contribution >= 4 is 22.6 Å². The summed E-state index contributed by atoms with van der Waals surface area (Å²) < 4.78 is 4.22. The molecule has 1 saturated heterocycles. The highest BCUT2D eigenvalue weighted by atomic mass is 32.1. The third-order valence-corrected chi connectivity index (χ3v) is 3.42. The minimum absolute atomic E-state index is 0.226. The molecule has 1 aromatic rings. The Bertz CT molecular complexity index is 379. The fraction of sp³-hybridized carbons (Fsp3) is 0.700. The molecule has 0 aromatic carbocycles. The number of piperidine rings is 1. The molecule has 1 fully saturated rings. The lowest BCUT2D eigenvalue weighted by molar-refractivity contribution is -0.132. The molecule has 1 aromatic heterocycles. The van der Waals surface area contributed by atoms with Crippen LogP contribution in [0.15, 0.2) is 0 Å². The van der Waals surface area contributed by atoms with Crippen LogP contribution in [0, 0.1) is 0 Å². The van der Waals surface area contributed by atoms with Crippen LogP contribution >= 0.6 is 11.5 Å². The second-order valence-corrected chi connectivity index (χ2v) is 4.78. The SMILES string of the molecule is CCc1nsc(NC2CCC(=O)N(C)C2)n1. The molecule has 1 aliphatic heterocycles. The van der Waals surface area contributed by atoms with E-state index in [-0.39, 0.29) is 5.91 Å². The van der Waals surface area contributed by atoms with Crippen molar-refractivity contribution in [2.45, 2.75) is 32.2 Å². The van der Waals surface area contributed by atoms with Gasteiger partial charge in [-0.25, -0.2) is 4.98 Å². The zero-order valence-corrected chi connectivity index (χ0v) is 10.4. The molecule has 2 heterocycles. The van der Waals surface area contributed by atoms with E-state index in [0.717, 1.165) is 30.3 Å². The van der Waals surface area contributed by atoms with Crippen molar-refractivity contribution in [1.29, 1.82) is 0 Å². The van der Waals surface area contributed by atoms with Gasteiger partial charge in [0.2, 0.25) is 11.0 Å². The first-order valence-corrected chi connectivity index (χ1v) is 6.29. The molecule has 1 aliphatic rings. The molecule has 0 aliphatic carbocycles. The molecule has 1 N–H and O–H groups in total. The van der Waals surface area contributed by atoms with Crippen molar-refractivity contribution in [1.82, 2.24) is 14.3 Å². The third-order valence-electron chi connectivity index (χ3n) is 2.74. The molecule has 0 radical (unpaired) electrons. The van der Waals surface area contributed by atoms with Crippen LogP contribution in [0.1, 0.15) is 25.6 Å². The van der Waals surface area contributed by atoms with Gasteiger partial charge in [-0.15, -0.1) is 0 Å². The maximum atomic E-state index is 11.3. The minimum Gasteiger partial charge on any atom is -0.356 e. The number of aryl methyl sites for hydroxylation is 1. The molecule has 0 spiro atoms. The van der Waals surface area contributed by atoms with Gasteiger partial charge in [0.15, 0.2) is 0 Å². The van der Waals surface area contributed by atoms with E-state index in [1.54, 1.807) is 4.90 Å².